The first kappa shape index (κ1) is 12.2. The van der Waals surface area contributed by atoms with E-state index in [9.17, 15) is 0 Å². The van der Waals surface area contributed by atoms with Crippen molar-refractivity contribution in [3.05, 3.63) is 24.3 Å². The van der Waals surface area contributed by atoms with E-state index < -0.39 is 0 Å². The molecule has 0 aliphatic rings. The molecule has 0 bridgehead atoms. The average Bonchev–Trinajstić information content (AvgIpc) is 1.63. The van der Waals surface area contributed by atoms with Crippen LogP contribution in [0.2, 0.25) is 0 Å². The SMILES string of the molecule is C.C=C(C)CCCC(=C)C. The molecule has 0 saturated carbocycles. The van der Waals surface area contributed by atoms with Crippen LogP contribution in [-0.4, -0.2) is 0 Å². The maximum Gasteiger partial charge on any atom is -0.0323 e. The van der Waals surface area contributed by atoms with Crippen LogP contribution in [0.3, 0.4) is 0 Å². The first-order valence-corrected chi connectivity index (χ1v) is 3.41. The minimum Gasteiger partial charge on any atom is -0.100 e. The van der Waals surface area contributed by atoms with Gasteiger partial charge in [0.2, 0.25) is 0 Å². The Morgan fingerprint density at radius 2 is 1.30 bits per heavy atom. The van der Waals surface area contributed by atoms with Crippen LogP contribution in [0.15, 0.2) is 24.3 Å². The van der Waals surface area contributed by atoms with Gasteiger partial charge in [0.25, 0.3) is 0 Å². The van der Waals surface area contributed by atoms with Crippen molar-refractivity contribution in [2.75, 3.05) is 0 Å². The summed E-state index contributed by atoms with van der Waals surface area (Å²) in [6, 6.07) is 0. The molecule has 0 nitrogen and oxygen atoms in total. The molecule has 0 heterocycles. The number of rotatable bonds is 4. The van der Waals surface area contributed by atoms with Crippen molar-refractivity contribution in [2.24, 2.45) is 0 Å². The van der Waals surface area contributed by atoms with Crippen molar-refractivity contribution in [2.45, 2.75) is 40.5 Å². The Bertz CT molecular complexity index is 95.2. The van der Waals surface area contributed by atoms with Crippen LogP contribution in [0.1, 0.15) is 40.5 Å². The molecule has 60 valence electrons. The summed E-state index contributed by atoms with van der Waals surface area (Å²) in [6.07, 6.45) is 3.50. The molecular weight excluding hydrogens is 120 g/mol. The molecule has 0 aliphatic heterocycles. The highest BCUT2D eigenvalue weighted by atomic mass is 13.9. The van der Waals surface area contributed by atoms with E-state index in [2.05, 4.69) is 27.0 Å². The normalized spacial score (nSPS) is 8.20. The summed E-state index contributed by atoms with van der Waals surface area (Å²) in [6.45, 7) is 11.8. The Morgan fingerprint density at radius 1 is 1.00 bits per heavy atom. The zero-order valence-corrected chi connectivity index (χ0v) is 6.54. The average molecular weight is 140 g/mol. The first-order valence-electron chi connectivity index (χ1n) is 3.41. The molecule has 0 rings (SSSR count). The number of allylic oxidation sites excluding steroid dienone is 2. The van der Waals surface area contributed by atoms with E-state index >= 15 is 0 Å². The highest BCUT2D eigenvalue weighted by molar-refractivity contribution is 4.92. The predicted molar refractivity (Wildman–Crippen MR) is 50.2 cm³/mol. The molecule has 0 amide bonds. The van der Waals surface area contributed by atoms with Crippen molar-refractivity contribution in [3.63, 3.8) is 0 Å². The van der Waals surface area contributed by atoms with Gasteiger partial charge in [-0.3, -0.25) is 0 Å². The van der Waals surface area contributed by atoms with Gasteiger partial charge in [0, 0.05) is 0 Å². The summed E-state index contributed by atoms with van der Waals surface area (Å²) in [5.41, 5.74) is 2.55. The standard InChI is InChI=1S/C9H16.CH4/c1-8(2)6-5-7-9(3)4;/h1,3,5-7H2,2,4H3;1H4. The van der Waals surface area contributed by atoms with Gasteiger partial charge in [0.15, 0.2) is 0 Å². The molecule has 10 heavy (non-hydrogen) atoms. The van der Waals surface area contributed by atoms with Crippen molar-refractivity contribution in [3.8, 4) is 0 Å². The highest BCUT2D eigenvalue weighted by Gasteiger charge is 1.87. The van der Waals surface area contributed by atoms with Gasteiger partial charge in [-0.15, -0.1) is 13.2 Å². The fourth-order valence-corrected chi connectivity index (χ4v) is 0.692. The third-order valence-corrected chi connectivity index (χ3v) is 1.21. The fourth-order valence-electron chi connectivity index (χ4n) is 0.692. The van der Waals surface area contributed by atoms with Gasteiger partial charge in [-0.05, 0) is 33.1 Å². The first-order chi connectivity index (χ1) is 4.13. The van der Waals surface area contributed by atoms with E-state index in [1.165, 1.54) is 17.6 Å². The molecule has 0 aromatic rings. The Morgan fingerprint density at radius 3 is 1.50 bits per heavy atom. The third-order valence-electron chi connectivity index (χ3n) is 1.21. The predicted octanol–water partition coefficient (Wildman–Crippen LogP) is 3.95. The van der Waals surface area contributed by atoms with Gasteiger partial charge in [-0.25, -0.2) is 0 Å². The smallest absolute Gasteiger partial charge is 0.0323 e. The quantitative estimate of drug-likeness (QED) is 0.519. The Kier molecular flexibility index (Phi) is 8.04. The van der Waals surface area contributed by atoms with Crippen LogP contribution in [0.4, 0.5) is 0 Å². The van der Waals surface area contributed by atoms with Crippen molar-refractivity contribution < 1.29 is 0 Å². The van der Waals surface area contributed by atoms with E-state index in [1.807, 2.05) is 0 Å². The van der Waals surface area contributed by atoms with Crippen molar-refractivity contribution in [1.82, 2.24) is 0 Å². The van der Waals surface area contributed by atoms with Gasteiger partial charge in [-0.2, -0.15) is 0 Å². The molecule has 0 spiro atoms. The van der Waals surface area contributed by atoms with Gasteiger partial charge < -0.3 is 0 Å². The maximum absolute atomic E-state index is 3.82. The molecule has 0 unspecified atom stereocenters. The molecule has 0 radical (unpaired) electrons. The zero-order valence-electron chi connectivity index (χ0n) is 6.54. The Balaban J connectivity index is 0. The molecule has 0 aliphatic carbocycles. The van der Waals surface area contributed by atoms with Crippen molar-refractivity contribution >= 4 is 0 Å². The summed E-state index contributed by atoms with van der Waals surface area (Å²) in [5.74, 6) is 0. The summed E-state index contributed by atoms with van der Waals surface area (Å²) in [4.78, 5) is 0. The lowest BCUT2D eigenvalue weighted by atomic mass is 10.1. The van der Waals surface area contributed by atoms with Gasteiger partial charge >= 0.3 is 0 Å². The van der Waals surface area contributed by atoms with Gasteiger partial charge in [0.05, 0.1) is 0 Å². The minimum absolute atomic E-state index is 0. The molecule has 0 fully saturated rings. The summed E-state index contributed by atoms with van der Waals surface area (Å²) >= 11 is 0. The largest absolute Gasteiger partial charge is 0.100 e. The maximum atomic E-state index is 3.82. The summed E-state index contributed by atoms with van der Waals surface area (Å²) in [7, 11) is 0. The third kappa shape index (κ3) is 10.5. The van der Waals surface area contributed by atoms with E-state index in [4.69, 9.17) is 0 Å². The second-order valence-electron chi connectivity index (χ2n) is 2.77. The van der Waals surface area contributed by atoms with E-state index in [-0.39, 0.29) is 7.43 Å². The Labute approximate surface area is 65.7 Å². The number of hydrogen-bond acceptors (Lipinski definition) is 0. The second-order valence-corrected chi connectivity index (χ2v) is 2.77. The minimum atomic E-state index is 0. The lowest BCUT2D eigenvalue weighted by Crippen LogP contribution is -1.77. The van der Waals surface area contributed by atoms with Crippen LogP contribution in [-0.2, 0) is 0 Å². The van der Waals surface area contributed by atoms with Gasteiger partial charge in [-0.1, -0.05) is 18.6 Å². The summed E-state index contributed by atoms with van der Waals surface area (Å²) in [5, 5.41) is 0. The molecular formula is C10H20. The molecule has 0 aromatic heterocycles. The van der Waals surface area contributed by atoms with Gasteiger partial charge in [0.1, 0.15) is 0 Å². The Hall–Kier alpha value is -0.520. The van der Waals surface area contributed by atoms with Crippen LogP contribution in [0.5, 0.6) is 0 Å². The van der Waals surface area contributed by atoms with Crippen LogP contribution < -0.4 is 0 Å². The zero-order chi connectivity index (χ0) is 7.28. The lowest BCUT2D eigenvalue weighted by Gasteiger charge is -1.97. The highest BCUT2D eigenvalue weighted by Crippen LogP contribution is 2.07. The van der Waals surface area contributed by atoms with E-state index in [0.29, 0.717) is 0 Å². The molecule has 0 atom stereocenters. The van der Waals surface area contributed by atoms with Crippen LogP contribution in [0, 0.1) is 0 Å². The van der Waals surface area contributed by atoms with Crippen LogP contribution in [0.25, 0.3) is 0 Å². The number of hydrogen-bond donors (Lipinski definition) is 0. The monoisotopic (exact) mass is 140 g/mol. The summed E-state index contributed by atoms with van der Waals surface area (Å²) < 4.78 is 0. The van der Waals surface area contributed by atoms with E-state index in [1.54, 1.807) is 0 Å². The molecule has 0 aromatic carbocycles. The van der Waals surface area contributed by atoms with Crippen LogP contribution >= 0.6 is 0 Å². The second kappa shape index (κ2) is 6.60. The fraction of sp³-hybridized carbons (Fsp3) is 0.600. The molecule has 0 saturated heterocycles. The molecule has 0 heteroatoms. The topological polar surface area (TPSA) is 0 Å². The van der Waals surface area contributed by atoms with E-state index in [0.717, 1.165) is 12.8 Å². The van der Waals surface area contributed by atoms with Crippen molar-refractivity contribution in [1.29, 1.82) is 0 Å². The molecule has 0 N–H and O–H groups in total. The lowest BCUT2D eigenvalue weighted by molar-refractivity contribution is 0.808.